The van der Waals surface area contributed by atoms with Crippen molar-refractivity contribution in [3.05, 3.63) is 36.0 Å². The van der Waals surface area contributed by atoms with Crippen molar-refractivity contribution >= 4 is 5.82 Å². The van der Waals surface area contributed by atoms with Crippen LogP contribution in [0.5, 0.6) is 11.5 Å². The lowest BCUT2D eigenvalue weighted by molar-refractivity contribution is 0.211. The van der Waals surface area contributed by atoms with Crippen LogP contribution in [0.2, 0.25) is 0 Å². The van der Waals surface area contributed by atoms with Gasteiger partial charge in [-0.25, -0.2) is 4.68 Å². The number of ether oxygens (including phenoxy) is 2. The van der Waals surface area contributed by atoms with E-state index < -0.39 is 0 Å². The van der Waals surface area contributed by atoms with Crippen LogP contribution in [0, 0.1) is 6.92 Å². The molecule has 1 aromatic heterocycles. The first-order valence-electron chi connectivity index (χ1n) is 5.25. The van der Waals surface area contributed by atoms with Crippen molar-refractivity contribution in [3.8, 4) is 11.5 Å². The molecule has 0 atom stereocenters. The van der Waals surface area contributed by atoms with E-state index in [0.29, 0.717) is 24.0 Å². The average molecular weight is 233 g/mol. The Labute approximate surface area is 99.8 Å². The number of benzene rings is 1. The highest BCUT2D eigenvalue weighted by Crippen LogP contribution is 2.27. The van der Waals surface area contributed by atoms with E-state index >= 15 is 0 Å². The normalized spacial score (nSPS) is 10.2. The zero-order chi connectivity index (χ0) is 12.3. The fourth-order valence-corrected chi connectivity index (χ4v) is 1.48. The van der Waals surface area contributed by atoms with Crippen molar-refractivity contribution in [1.29, 1.82) is 0 Å². The summed E-state index contributed by atoms with van der Waals surface area (Å²) >= 11 is 0. The van der Waals surface area contributed by atoms with E-state index in [0.717, 1.165) is 5.56 Å². The molecule has 0 aliphatic rings. The van der Waals surface area contributed by atoms with Crippen LogP contribution in [0.1, 0.15) is 5.56 Å². The van der Waals surface area contributed by atoms with Crippen LogP contribution < -0.4 is 15.2 Å². The predicted octanol–water partition coefficient (Wildman–Crippen LogP) is 1.82. The fraction of sp³-hybridized carbons (Fsp3) is 0.250. The molecule has 5 heteroatoms. The lowest BCUT2D eigenvalue weighted by atomic mass is 10.2. The van der Waals surface area contributed by atoms with Gasteiger partial charge in [-0.15, -0.1) is 0 Å². The minimum absolute atomic E-state index is 0.302. The maximum absolute atomic E-state index is 5.60. The summed E-state index contributed by atoms with van der Waals surface area (Å²) in [5, 5.41) is 4.03. The molecule has 90 valence electrons. The van der Waals surface area contributed by atoms with Gasteiger partial charge < -0.3 is 15.2 Å². The van der Waals surface area contributed by atoms with E-state index in [1.54, 1.807) is 24.1 Å². The lowest BCUT2D eigenvalue weighted by Crippen LogP contribution is -2.06. The molecule has 0 aliphatic heterocycles. The van der Waals surface area contributed by atoms with E-state index in [4.69, 9.17) is 15.2 Å². The van der Waals surface area contributed by atoms with Gasteiger partial charge in [-0.05, 0) is 24.6 Å². The van der Waals surface area contributed by atoms with Crippen LogP contribution in [0.3, 0.4) is 0 Å². The molecular formula is C12H15N3O2. The van der Waals surface area contributed by atoms with E-state index in [1.165, 1.54) is 0 Å². The molecule has 0 saturated heterocycles. The lowest BCUT2D eigenvalue weighted by Gasteiger charge is -2.11. The van der Waals surface area contributed by atoms with Crippen molar-refractivity contribution in [1.82, 2.24) is 9.78 Å². The van der Waals surface area contributed by atoms with E-state index in [2.05, 4.69) is 5.10 Å². The summed E-state index contributed by atoms with van der Waals surface area (Å²) in [6.07, 6.45) is 1.76. The molecule has 0 aliphatic carbocycles. The van der Waals surface area contributed by atoms with Crippen LogP contribution >= 0.6 is 0 Å². The summed E-state index contributed by atoms with van der Waals surface area (Å²) < 4.78 is 12.5. The van der Waals surface area contributed by atoms with Crippen LogP contribution in [0.15, 0.2) is 30.5 Å². The number of methoxy groups -OCH3 is 1. The maximum atomic E-state index is 5.60. The second-order valence-electron chi connectivity index (χ2n) is 3.71. The van der Waals surface area contributed by atoms with Gasteiger partial charge in [0, 0.05) is 12.3 Å². The molecular weight excluding hydrogens is 218 g/mol. The molecule has 0 radical (unpaired) electrons. The van der Waals surface area contributed by atoms with Crippen LogP contribution in [0.4, 0.5) is 5.82 Å². The molecule has 0 amide bonds. The maximum Gasteiger partial charge on any atom is 0.181 e. The highest BCUT2D eigenvalue weighted by Gasteiger charge is 2.04. The SMILES string of the molecule is COc1cc(C)ccc1OCn1ccc(N)n1. The Kier molecular flexibility index (Phi) is 3.18. The first-order chi connectivity index (χ1) is 8.19. The molecule has 17 heavy (non-hydrogen) atoms. The van der Waals surface area contributed by atoms with E-state index in [-0.39, 0.29) is 0 Å². The van der Waals surface area contributed by atoms with Gasteiger partial charge in [-0.1, -0.05) is 6.07 Å². The number of rotatable bonds is 4. The Hall–Kier alpha value is -2.17. The highest BCUT2D eigenvalue weighted by atomic mass is 16.5. The fourth-order valence-electron chi connectivity index (χ4n) is 1.48. The molecule has 1 heterocycles. The smallest absolute Gasteiger partial charge is 0.181 e. The number of anilines is 1. The molecule has 2 N–H and O–H groups in total. The molecule has 0 unspecified atom stereocenters. The monoisotopic (exact) mass is 233 g/mol. The third-order valence-corrected chi connectivity index (χ3v) is 2.33. The Morgan fingerprint density at radius 3 is 2.76 bits per heavy atom. The molecule has 0 spiro atoms. The second kappa shape index (κ2) is 4.78. The highest BCUT2D eigenvalue weighted by molar-refractivity contribution is 5.42. The van der Waals surface area contributed by atoms with Crippen molar-refractivity contribution < 1.29 is 9.47 Å². The largest absolute Gasteiger partial charge is 0.493 e. The minimum atomic E-state index is 0.302. The number of aromatic nitrogens is 2. The van der Waals surface area contributed by atoms with Crippen LogP contribution in [-0.4, -0.2) is 16.9 Å². The van der Waals surface area contributed by atoms with Crippen molar-refractivity contribution in [2.75, 3.05) is 12.8 Å². The zero-order valence-electron chi connectivity index (χ0n) is 9.88. The number of nitrogen functional groups attached to an aromatic ring is 1. The Bertz CT molecular complexity index is 508. The molecule has 2 aromatic rings. The Morgan fingerprint density at radius 2 is 2.12 bits per heavy atom. The molecule has 1 aromatic carbocycles. The standard InChI is InChI=1S/C12H15N3O2/c1-9-3-4-10(11(7-9)16-2)17-8-15-6-5-12(13)14-15/h3-7H,8H2,1-2H3,(H2,13,14). The topological polar surface area (TPSA) is 62.3 Å². The second-order valence-corrected chi connectivity index (χ2v) is 3.71. The quantitative estimate of drug-likeness (QED) is 0.875. The summed E-state index contributed by atoms with van der Waals surface area (Å²) in [5.41, 5.74) is 6.63. The minimum Gasteiger partial charge on any atom is -0.493 e. The molecule has 5 nitrogen and oxygen atoms in total. The Morgan fingerprint density at radius 1 is 1.29 bits per heavy atom. The van der Waals surface area contributed by atoms with Crippen molar-refractivity contribution in [2.24, 2.45) is 0 Å². The molecule has 0 bridgehead atoms. The van der Waals surface area contributed by atoms with Gasteiger partial charge in [-0.2, -0.15) is 5.10 Å². The first kappa shape index (κ1) is 11.3. The summed E-state index contributed by atoms with van der Waals surface area (Å²) in [6, 6.07) is 7.48. The van der Waals surface area contributed by atoms with Crippen molar-refractivity contribution in [2.45, 2.75) is 13.7 Å². The molecule has 0 saturated carbocycles. The average Bonchev–Trinajstić information content (AvgIpc) is 2.73. The molecule has 0 fully saturated rings. The number of hydrogen-bond acceptors (Lipinski definition) is 4. The van der Waals surface area contributed by atoms with Gasteiger partial charge in [0.15, 0.2) is 18.2 Å². The van der Waals surface area contributed by atoms with Gasteiger partial charge in [0.25, 0.3) is 0 Å². The predicted molar refractivity (Wildman–Crippen MR) is 65.0 cm³/mol. The third-order valence-electron chi connectivity index (χ3n) is 2.33. The molecule has 2 rings (SSSR count). The summed E-state index contributed by atoms with van der Waals surface area (Å²) in [7, 11) is 1.62. The van der Waals surface area contributed by atoms with Gasteiger partial charge in [-0.3, -0.25) is 0 Å². The van der Waals surface area contributed by atoms with Gasteiger partial charge in [0.05, 0.1) is 7.11 Å². The van der Waals surface area contributed by atoms with Crippen LogP contribution in [-0.2, 0) is 6.73 Å². The Balaban J connectivity index is 2.08. The van der Waals surface area contributed by atoms with Gasteiger partial charge in [0.2, 0.25) is 0 Å². The number of aryl methyl sites for hydroxylation is 1. The third kappa shape index (κ3) is 2.69. The summed E-state index contributed by atoms with van der Waals surface area (Å²) in [5.74, 6) is 1.88. The summed E-state index contributed by atoms with van der Waals surface area (Å²) in [6.45, 7) is 2.30. The van der Waals surface area contributed by atoms with E-state index in [1.807, 2.05) is 25.1 Å². The number of nitrogens with two attached hydrogens (primary N) is 1. The van der Waals surface area contributed by atoms with Crippen LogP contribution in [0.25, 0.3) is 0 Å². The van der Waals surface area contributed by atoms with Gasteiger partial charge in [0.1, 0.15) is 5.82 Å². The number of nitrogens with zero attached hydrogens (tertiary/aromatic N) is 2. The number of hydrogen-bond donors (Lipinski definition) is 1. The van der Waals surface area contributed by atoms with Gasteiger partial charge >= 0.3 is 0 Å². The summed E-state index contributed by atoms with van der Waals surface area (Å²) in [4.78, 5) is 0. The van der Waals surface area contributed by atoms with E-state index in [9.17, 15) is 0 Å². The van der Waals surface area contributed by atoms with Crippen molar-refractivity contribution in [3.63, 3.8) is 0 Å². The first-order valence-corrected chi connectivity index (χ1v) is 5.25. The zero-order valence-corrected chi connectivity index (χ0v) is 9.88.